The quantitative estimate of drug-likeness (QED) is 0.854. The van der Waals surface area contributed by atoms with Crippen LogP contribution in [-0.4, -0.2) is 44.8 Å². The molecule has 0 spiro atoms. The lowest BCUT2D eigenvalue weighted by molar-refractivity contribution is 0.0790. The van der Waals surface area contributed by atoms with Crippen LogP contribution in [0.1, 0.15) is 46.5 Å². The zero-order valence-electron chi connectivity index (χ0n) is 13.2. The summed E-state index contributed by atoms with van der Waals surface area (Å²) in [7, 11) is 1.81. The summed E-state index contributed by atoms with van der Waals surface area (Å²) < 4.78 is 0. The molecule has 0 radical (unpaired) electrons. The molecule has 0 aliphatic carbocycles. The van der Waals surface area contributed by atoms with E-state index in [0.717, 1.165) is 36.3 Å². The maximum atomic E-state index is 12.3. The lowest BCUT2D eigenvalue weighted by atomic mass is 10.1. The van der Waals surface area contributed by atoms with Crippen LogP contribution in [0.4, 0.5) is 0 Å². The molecule has 0 bridgehead atoms. The van der Waals surface area contributed by atoms with Crippen LogP contribution in [0.15, 0.2) is 6.07 Å². The first-order valence-corrected chi connectivity index (χ1v) is 7.33. The van der Waals surface area contributed by atoms with E-state index in [1.54, 1.807) is 11.9 Å². The molecule has 2 aromatic rings. The van der Waals surface area contributed by atoms with Gasteiger partial charge in [0.15, 0.2) is 0 Å². The Balaban J connectivity index is 1.96. The van der Waals surface area contributed by atoms with Crippen molar-refractivity contribution in [3.8, 4) is 0 Å². The Morgan fingerprint density at radius 2 is 2.00 bits per heavy atom. The van der Waals surface area contributed by atoms with Gasteiger partial charge < -0.3 is 4.90 Å². The van der Waals surface area contributed by atoms with Gasteiger partial charge in [-0.15, -0.1) is 0 Å². The molecule has 6 heteroatoms. The highest BCUT2D eigenvalue weighted by atomic mass is 16.2. The molecule has 1 amide bonds. The Morgan fingerprint density at radius 3 is 2.62 bits per heavy atom. The van der Waals surface area contributed by atoms with Crippen molar-refractivity contribution in [1.29, 1.82) is 0 Å². The summed E-state index contributed by atoms with van der Waals surface area (Å²) in [5.41, 5.74) is 4.75. The Morgan fingerprint density at radius 1 is 1.24 bits per heavy atom. The molecule has 0 saturated heterocycles. The molecule has 0 unspecified atom stereocenters. The van der Waals surface area contributed by atoms with Gasteiger partial charge in [-0.05, 0) is 38.3 Å². The zero-order chi connectivity index (χ0) is 15.4. The average Bonchev–Trinajstić information content (AvgIpc) is 3.04. The molecular formula is C15H23N5O. The fourth-order valence-electron chi connectivity index (χ4n) is 2.39. The number of carbonyl (C=O) groups excluding carboxylic acids is 1. The first-order valence-electron chi connectivity index (χ1n) is 7.33. The standard InChI is InChI=1S/C15H23N5O/c1-5-6-12-9-14(19-18-12)15(21)20(4)8-7-13-10(2)16-17-11(13)3/h9H,5-8H2,1-4H3,(H,16,17)(H,18,19). The maximum absolute atomic E-state index is 12.3. The van der Waals surface area contributed by atoms with Crippen LogP contribution in [-0.2, 0) is 12.8 Å². The fraction of sp³-hybridized carbons (Fsp3) is 0.533. The van der Waals surface area contributed by atoms with Crippen molar-refractivity contribution in [3.63, 3.8) is 0 Å². The van der Waals surface area contributed by atoms with Gasteiger partial charge in [0.1, 0.15) is 5.69 Å². The first kappa shape index (κ1) is 15.3. The number of nitrogens with zero attached hydrogens (tertiary/aromatic N) is 3. The minimum Gasteiger partial charge on any atom is -0.340 e. The summed E-state index contributed by atoms with van der Waals surface area (Å²) in [5, 5.41) is 14.2. The van der Waals surface area contributed by atoms with Crippen LogP contribution in [0.5, 0.6) is 0 Å². The molecular weight excluding hydrogens is 266 g/mol. The van der Waals surface area contributed by atoms with Gasteiger partial charge in [-0.25, -0.2) is 0 Å². The van der Waals surface area contributed by atoms with Gasteiger partial charge in [0, 0.05) is 25.0 Å². The van der Waals surface area contributed by atoms with E-state index in [1.165, 1.54) is 5.56 Å². The largest absolute Gasteiger partial charge is 0.340 e. The summed E-state index contributed by atoms with van der Waals surface area (Å²) in [6, 6.07) is 1.84. The van der Waals surface area contributed by atoms with E-state index >= 15 is 0 Å². The Hall–Kier alpha value is -2.11. The molecule has 0 aliphatic rings. The van der Waals surface area contributed by atoms with E-state index in [4.69, 9.17) is 0 Å². The minimum absolute atomic E-state index is 0.0487. The smallest absolute Gasteiger partial charge is 0.274 e. The number of rotatable bonds is 6. The second-order valence-corrected chi connectivity index (χ2v) is 5.42. The lowest BCUT2D eigenvalue weighted by Crippen LogP contribution is -2.29. The van der Waals surface area contributed by atoms with Crippen molar-refractivity contribution in [3.05, 3.63) is 34.4 Å². The highest BCUT2D eigenvalue weighted by molar-refractivity contribution is 5.92. The van der Waals surface area contributed by atoms with E-state index in [1.807, 2.05) is 19.9 Å². The molecule has 0 atom stereocenters. The van der Waals surface area contributed by atoms with Gasteiger partial charge in [-0.1, -0.05) is 13.3 Å². The topological polar surface area (TPSA) is 77.7 Å². The molecule has 2 N–H and O–H groups in total. The van der Waals surface area contributed by atoms with Crippen LogP contribution in [0.25, 0.3) is 0 Å². The Kier molecular flexibility index (Phi) is 4.77. The number of hydrogen-bond acceptors (Lipinski definition) is 3. The number of aromatic nitrogens is 4. The number of amides is 1. The molecule has 2 aromatic heterocycles. The van der Waals surface area contributed by atoms with Crippen molar-refractivity contribution < 1.29 is 4.79 Å². The monoisotopic (exact) mass is 289 g/mol. The molecule has 0 aromatic carbocycles. The summed E-state index contributed by atoms with van der Waals surface area (Å²) >= 11 is 0. The molecule has 0 saturated carbocycles. The van der Waals surface area contributed by atoms with E-state index in [0.29, 0.717) is 12.2 Å². The van der Waals surface area contributed by atoms with Crippen LogP contribution in [0.3, 0.4) is 0 Å². The summed E-state index contributed by atoms with van der Waals surface area (Å²) in [6.45, 7) is 6.73. The van der Waals surface area contributed by atoms with Crippen LogP contribution in [0.2, 0.25) is 0 Å². The molecule has 2 heterocycles. The molecule has 114 valence electrons. The maximum Gasteiger partial charge on any atom is 0.274 e. The third-order valence-electron chi connectivity index (χ3n) is 3.69. The van der Waals surface area contributed by atoms with Crippen molar-refractivity contribution in [2.24, 2.45) is 0 Å². The number of likely N-dealkylation sites (N-methyl/N-ethyl adjacent to an activating group) is 1. The van der Waals surface area contributed by atoms with Gasteiger partial charge >= 0.3 is 0 Å². The van der Waals surface area contributed by atoms with Crippen molar-refractivity contribution >= 4 is 5.91 Å². The predicted octanol–water partition coefficient (Wildman–Crippen LogP) is 2.02. The van der Waals surface area contributed by atoms with Gasteiger partial charge in [0.2, 0.25) is 0 Å². The fourth-order valence-corrected chi connectivity index (χ4v) is 2.39. The highest BCUT2D eigenvalue weighted by Gasteiger charge is 2.16. The normalized spacial score (nSPS) is 10.9. The lowest BCUT2D eigenvalue weighted by Gasteiger charge is -2.15. The highest BCUT2D eigenvalue weighted by Crippen LogP contribution is 2.11. The molecule has 0 fully saturated rings. The van der Waals surface area contributed by atoms with Gasteiger partial charge in [0.05, 0.1) is 5.69 Å². The Labute approximate surface area is 124 Å². The van der Waals surface area contributed by atoms with Crippen molar-refractivity contribution in [2.75, 3.05) is 13.6 Å². The third kappa shape index (κ3) is 3.51. The number of aryl methyl sites for hydroxylation is 3. The van der Waals surface area contributed by atoms with Crippen LogP contribution in [0, 0.1) is 13.8 Å². The first-order chi connectivity index (χ1) is 10.0. The number of nitrogens with one attached hydrogen (secondary N) is 2. The Bertz CT molecular complexity index is 594. The zero-order valence-corrected chi connectivity index (χ0v) is 13.2. The second-order valence-electron chi connectivity index (χ2n) is 5.42. The SMILES string of the molecule is CCCc1cc(C(=O)N(C)CCc2c(C)n[nH]c2C)n[nH]1. The number of H-pyrrole nitrogens is 2. The third-order valence-corrected chi connectivity index (χ3v) is 3.69. The van der Waals surface area contributed by atoms with E-state index in [2.05, 4.69) is 27.3 Å². The van der Waals surface area contributed by atoms with Gasteiger partial charge in [-0.2, -0.15) is 10.2 Å². The number of carbonyl (C=O) groups is 1. The molecule has 2 rings (SSSR count). The van der Waals surface area contributed by atoms with Gasteiger partial charge in [-0.3, -0.25) is 15.0 Å². The van der Waals surface area contributed by atoms with Gasteiger partial charge in [0.25, 0.3) is 5.91 Å². The van der Waals surface area contributed by atoms with Crippen LogP contribution < -0.4 is 0 Å². The predicted molar refractivity (Wildman–Crippen MR) is 81.3 cm³/mol. The van der Waals surface area contributed by atoms with E-state index < -0.39 is 0 Å². The second kappa shape index (κ2) is 6.56. The molecule has 21 heavy (non-hydrogen) atoms. The summed E-state index contributed by atoms with van der Waals surface area (Å²) in [4.78, 5) is 14.0. The summed E-state index contributed by atoms with van der Waals surface area (Å²) in [6.07, 6.45) is 2.74. The number of hydrogen-bond donors (Lipinski definition) is 2. The average molecular weight is 289 g/mol. The van der Waals surface area contributed by atoms with E-state index in [9.17, 15) is 4.79 Å². The minimum atomic E-state index is -0.0487. The van der Waals surface area contributed by atoms with Crippen molar-refractivity contribution in [1.82, 2.24) is 25.3 Å². The van der Waals surface area contributed by atoms with Crippen molar-refractivity contribution in [2.45, 2.75) is 40.0 Å². The molecule has 0 aliphatic heterocycles. The molecule has 6 nitrogen and oxygen atoms in total. The van der Waals surface area contributed by atoms with E-state index in [-0.39, 0.29) is 5.91 Å². The van der Waals surface area contributed by atoms with Crippen LogP contribution >= 0.6 is 0 Å². The number of aromatic amines is 2. The summed E-state index contributed by atoms with van der Waals surface area (Å²) in [5.74, 6) is -0.0487.